The van der Waals surface area contributed by atoms with E-state index in [1.807, 2.05) is 0 Å². The number of aryl methyl sites for hydroxylation is 2. The van der Waals surface area contributed by atoms with Crippen LogP contribution in [0, 0.1) is 13.8 Å². The predicted octanol–water partition coefficient (Wildman–Crippen LogP) is 2.58. The number of furan rings is 1. The quantitative estimate of drug-likeness (QED) is 0.874. The van der Waals surface area contributed by atoms with Crippen LogP contribution in [0.2, 0.25) is 0 Å². The molecular weight excluding hydrogens is 223 g/mol. The molecular formula is C10H12F3NO2. The molecule has 1 aromatic heterocycles. The van der Waals surface area contributed by atoms with Gasteiger partial charge in [-0.2, -0.15) is 13.2 Å². The number of hydrogen-bond donors (Lipinski definition) is 1. The summed E-state index contributed by atoms with van der Waals surface area (Å²) in [6, 6.07) is 0. The maximum absolute atomic E-state index is 11.8. The van der Waals surface area contributed by atoms with E-state index in [1.54, 1.807) is 13.8 Å². The van der Waals surface area contributed by atoms with Crippen LogP contribution in [0.4, 0.5) is 13.2 Å². The van der Waals surface area contributed by atoms with E-state index in [9.17, 15) is 18.0 Å². The molecule has 0 fully saturated rings. The van der Waals surface area contributed by atoms with Gasteiger partial charge in [-0.25, -0.2) is 0 Å². The molecule has 0 saturated heterocycles. The first-order valence-corrected chi connectivity index (χ1v) is 4.71. The molecule has 16 heavy (non-hydrogen) atoms. The summed E-state index contributed by atoms with van der Waals surface area (Å²) in [6.07, 6.45) is -3.89. The summed E-state index contributed by atoms with van der Waals surface area (Å²) in [7, 11) is 0. The number of rotatable bonds is 3. The van der Waals surface area contributed by atoms with Gasteiger partial charge in [-0.3, -0.25) is 4.79 Å². The van der Waals surface area contributed by atoms with E-state index in [-0.39, 0.29) is 0 Å². The minimum absolute atomic E-state index is 0.308. The molecule has 6 heteroatoms. The van der Waals surface area contributed by atoms with Crippen LogP contribution in [-0.4, -0.2) is 18.6 Å². The lowest BCUT2D eigenvalue weighted by atomic mass is 10.1. The number of amides is 1. The number of hydrogen-bond acceptors (Lipinski definition) is 2. The summed E-state index contributed by atoms with van der Waals surface area (Å²) in [5.74, 6) is -0.130. The molecule has 0 atom stereocenters. The minimum Gasteiger partial charge on any atom is -0.469 e. The van der Waals surface area contributed by atoms with Crippen molar-refractivity contribution >= 4 is 5.91 Å². The Bertz CT molecular complexity index is 362. The van der Waals surface area contributed by atoms with E-state index in [0.29, 0.717) is 16.9 Å². The lowest BCUT2D eigenvalue weighted by Crippen LogP contribution is -2.28. The molecule has 0 unspecified atom stereocenters. The molecule has 1 aromatic rings. The Morgan fingerprint density at radius 2 is 2.06 bits per heavy atom. The van der Waals surface area contributed by atoms with Crippen molar-refractivity contribution in [3.8, 4) is 0 Å². The van der Waals surface area contributed by atoms with Gasteiger partial charge in [0.05, 0.1) is 18.2 Å². The predicted molar refractivity (Wildman–Crippen MR) is 51.2 cm³/mol. The average molecular weight is 235 g/mol. The number of halogens is 3. The zero-order valence-electron chi connectivity index (χ0n) is 8.94. The summed E-state index contributed by atoms with van der Waals surface area (Å²) < 4.78 is 40.5. The van der Waals surface area contributed by atoms with Crippen molar-refractivity contribution in [3.63, 3.8) is 0 Å². The Labute approximate surface area is 90.6 Å². The second kappa shape index (κ2) is 4.59. The maximum Gasteiger partial charge on any atom is 0.390 e. The van der Waals surface area contributed by atoms with Crippen molar-refractivity contribution in [2.45, 2.75) is 26.4 Å². The van der Waals surface area contributed by atoms with Gasteiger partial charge in [-0.15, -0.1) is 0 Å². The van der Waals surface area contributed by atoms with Crippen LogP contribution in [0.1, 0.15) is 28.1 Å². The van der Waals surface area contributed by atoms with Crippen LogP contribution in [-0.2, 0) is 0 Å². The molecule has 3 nitrogen and oxygen atoms in total. The molecule has 1 heterocycles. The fraction of sp³-hybridized carbons (Fsp3) is 0.500. The Morgan fingerprint density at radius 1 is 1.44 bits per heavy atom. The second-order valence-corrected chi connectivity index (χ2v) is 3.47. The van der Waals surface area contributed by atoms with Crippen LogP contribution < -0.4 is 5.32 Å². The van der Waals surface area contributed by atoms with E-state index in [0.717, 1.165) is 0 Å². The van der Waals surface area contributed by atoms with E-state index in [1.165, 1.54) is 6.26 Å². The highest BCUT2D eigenvalue weighted by molar-refractivity contribution is 5.96. The number of alkyl halides is 3. The zero-order chi connectivity index (χ0) is 12.3. The summed E-state index contributed by atoms with van der Waals surface area (Å²) in [6.45, 7) is 2.83. The first-order chi connectivity index (χ1) is 7.31. The topological polar surface area (TPSA) is 42.2 Å². The number of nitrogens with one attached hydrogen (secondary N) is 1. The largest absolute Gasteiger partial charge is 0.469 e. The van der Waals surface area contributed by atoms with Gasteiger partial charge in [0.1, 0.15) is 5.76 Å². The summed E-state index contributed by atoms with van der Waals surface area (Å²) in [5, 5.41) is 2.20. The van der Waals surface area contributed by atoms with Gasteiger partial charge in [0, 0.05) is 12.1 Å². The van der Waals surface area contributed by atoms with Crippen molar-refractivity contribution in [1.82, 2.24) is 5.32 Å². The van der Waals surface area contributed by atoms with E-state index in [2.05, 4.69) is 5.32 Å². The van der Waals surface area contributed by atoms with Gasteiger partial charge >= 0.3 is 6.18 Å². The Balaban J connectivity index is 2.54. The highest BCUT2D eigenvalue weighted by atomic mass is 19.4. The van der Waals surface area contributed by atoms with Crippen LogP contribution in [0.5, 0.6) is 0 Å². The van der Waals surface area contributed by atoms with Gasteiger partial charge in [0.25, 0.3) is 5.91 Å². The summed E-state index contributed by atoms with van der Waals surface area (Å²) in [5.41, 5.74) is 0.921. The van der Waals surface area contributed by atoms with Crippen LogP contribution >= 0.6 is 0 Å². The van der Waals surface area contributed by atoms with Crippen molar-refractivity contribution in [2.75, 3.05) is 6.54 Å². The van der Waals surface area contributed by atoms with Crippen molar-refractivity contribution in [2.24, 2.45) is 0 Å². The fourth-order valence-electron chi connectivity index (χ4n) is 1.32. The Morgan fingerprint density at radius 3 is 2.50 bits per heavy atom. The van der Waals surface area contributed by atoms with Gasteiger partial charge in [-0.1, -0.05) is 0 Å². The monoisotopic (exact) mass is 235 g/mol. The third kappa shape index (κ3) is 3.29. The second-order valence-electron chi connectivity index (χ2n) is 3.47. The highest BCUT2D eigenvalue weighted by Crippen LogP contribution is 2.19. The molecule has 0 aliphatic heterocycles. The molecule has 0 aromatic carbocycles. The number of carbonyl (C=O) groups excluding carboxylic acids is 1. The molecule has 0 aliphatic carbocycles. The average Bonchev–Trinajstić information content (AvgIpc) is 2.43. The molecule has 0 bridgehead atoms. The van der Waals surface area contributed by atoms with Crippen molar-refractivity contribution < 1.29 is 22.4 Å². The SMILES string of the molecule is Cc1coc(C)c1C(=O)NCCC(F)(F)F. The molecule has 0 saturated carbocycles. The fourth-order valence-corrected chi connectivity index (χ4v) is 1.32. The van der Waals surface area contributed by atoms with Gasteiger partial charge in [0.2, 0.25) is 0 Å². The molecule has 90 valence electrons. The van der Waals surface area contributed by atoms with Gasteiger partial charge in [0.15, 0.2) is 0 Å². The molecule has 1 amide bonds. The highest BCUT2D eigenvalue weighted by Gasteiger charge is 2.27. The minimum atomic E-state index is -4.26. The maximum atomic E-state index is 11.8. The van der Waals surface area contributed by atoms with Crippen molar-refractivity contribution in [3.05, 3.63) is 23.2 Å². The smallest absolute Gasteiger partial charge is 0.390 e. The van der Waals surface area contributed by atoms with E-state index < -0.39 is 25.0 Å². The van der Waals surface area contributed by atoms with Crippen LogP contribution in [0.25, 0.3) is 0 Å². The first-order valence-electron chi connectivity index (χ1n) is 4.71. The third-order valence-electron chi connectivity index (χ3n) is 2.08. The van der Waals surface area contributed by atoms with Crippen molar-refractivity contribution in [1.29, 1.82) is 0 Å². The standard InChI is InChI=1S/C10H12F3NO2/c1-6-5-16-7(2)8(6)9(15)14-4-3-10(11,12)13/h5H,3-4H2,1-2H3,(H,14,15). The lowest BCUT2D eigenvalue weighted by molar-refractivity contribution is -0.132. The molecule has 0 spiro atoms. The molecule has 1 rings (SSSR count). The molecule has 0 radical (unpaired) electrons. The summed E-state index contributed by atoms with van der Waals surface area (Å²) in [4.78, 5) is 11.5. The molecule has 1 N–H and O–H groups in total. The first kappa shape index (κ1) is 12.6. The normalized spacial score (nSPS) is 11.6. The third-order valence-corrected chi connectivity index (χ3v) is 2.08. The summed E-state index contributed by atoms with van der Waals surface area (Å²) >= 11 is 0. The lowest BCUT2D eigenvalue weighted by Gasteiger charge is -2.07. The Hall–Kier alpha value is -1.46. The van der Waals surface area contributed by atoms with Crippen LogP contribution in [0.3, 0.4) is 0 Å². The van der Waals surface area contributed by atoms with Crippen LogP contribution in [0.15, 0.2) is 10.7 Å². The van der Waals surface area contributed by atoms with Gasteiger partial charge in [-0.05, 0) is 13.8 Å². The van der Waals surface area contributed by atoms with Gasteiger partial charge < -0.3 is 9.73 Å². The van der Waals surface area contributed by atoms with E-state index >= 15 is 0 Å². The Kier molecular flexibility index (Phi) is 3.62. The number of carbonyl (C=O) groups is 1. The molecule has 0 aliphatic rings. The van der Waals surface area contributed by atoms with E-state index in [4.69, 9.17) is 4.42 Å². The zero-order valence-corrected chi connectivity index (χ0v) is 8.94.